The van der Waals surface area contributed by atoms with E-state index in [1.54, 1.807) is 24.3 Å². The molecule has 8 heteroatoms. The van der Waals surface area contributed by atoms with Crippen LogP contribution in [0.1, 0.15) is 75.3 Å². The summed E-state index contributed by atoms with van der Waals surface area (Å²) >= 11 is 0. The van der Waals surface area contributed by atoms with Crippen molar-refractivity contribution in [2.24, 2.45) is 11.8 Å². The zero-order valence-corrected chi connectivity index (χ0v) is 24.5. The minimum absolute atomic E-state index is 0.169. The first-order valence-corrected chi connectivity index (χ1v) is 15.3. The Labute approximate surface area is 239 Å². The van der Waals surface area contributed by atoms with Gasteiger partial charge in [0.25, 0.3) is 11.4 Å². The van der Waals surface area contributed by atoms with Gasteiger partial charge in [-0.25, -0.2) is 0 Å². The van der Waals surface area contributed by atoms with Crippen LogP contribution in [-0.4, -0.2) is 59.1 Å². The molecule has 0 amide bonds. The molecular weight excluding hydrogens is 504 g/mol. The van der Waals surface area contributed by atoms with Crippen molar-refractivity contribution in [3.8, 4) is 0 Å². The Balaban J connectivity index is 1.05. The molecule has 2 fully saturated rings. The van der Waals surface area contributed by atoms with Gasteiger partial charge in [-0.15, -0.1) is 0 Å². The molecule has 2 aromatic carbocycles. The topological polar surface area (TPSA) is 86.3 Å². The summed E-state index contributed by atoms with van der Waals surface area (Å²) < 4.78 is 2.09. The van der Waals surface area contributed by atoms with Gasteiger partial charge in [-0.05, 0) is 61.8 Å². The number of rotatable bonds is 13. The minimum atomic E-state index is -0.329. The largest absolute Gasteiger partial charge is 0.322 e. The zero-order chi connectivity index (χ0) is 28.6. The molecule has 0 atom stereocenters. The van der Waals surface area contributed by atoms with Crippen molar-refractivity contribution in [2.45, 2.75) is 77.3 Å². The summed E-state index contributed by atoms with van der Waals surface area (Å²) in [6.07, 6.45) is 13.3. The smallest absolute Gasteiger partial charge is 0.269 e. The minimum Gasteiger partial charge on any atom is -0.322 e. The first kappa shape index (κ1) is 30.1. The van der Waals surface area contributed by atoms with E-state index in [2.05, 4.69) is 14.1 Å². The molecule has 0 spiro atoms. The lowest BCUT2D eigenvalue weighted by Gasteiger charge is -2.41. The van der Waals surface area contributed by atoms with E-state index in [4.69, 9.17) is 0 Å². The van der Waals surface area contributed by atoms with E-state index in [0.29, 0.717) is 0 Å². The van der Waals surface area contributed by atoms with Crippen LogP contribution in [0.5, 0.6) is 0 Å². The molecule has 0 aromatic heterocycles. The first-order valence-electron chi connectivity index (χ1n) is 15.3. The van der Waals surface area contributed by atoms with Gasteiger partial charge < -0.3 is 8.97 Å². The number of benzene rings is 2. The molecular formula is C32H48N4O4+2. The summed E-state index contributed by atoms with van der Waals surface area (Å²) in [4.78, 5) is 21.1. The predicted octanol–water partition coefficient (Wildman–Crippen LogP) is 7.26. The summed E-state index contributed by atoms with van der Waals surface area (Å²) in [6.45, 7) is 6.72. The van der Waals surface area contributed by atoms with E-state index in [0.717, 1.165) is 33.9 Å². The molecule has 8 nitrogen and oxygen atoms in total. The van der Waals surface area contributed by atoms with Gasteiger partial charge in [-0.2, -0.15) is 0 Å². The van der Waals surface area contributed by atoms with Gasteiger partial charge in [0.2, 0.25) is 0 Å². The highest BCUT2D eigenvalue weighted by atomic mass is 16.6. The van der Waals surface area contributed by atoms with Crippen molar-refractivity contribution in [2.75, 3.05) is 40.3 Å². The van der Waals surface area contributed by atoms with E-state index < -0.39 is 0 Å². The zero-order valence-electron chi connectivity index (χ0n) is 24.5. The Morgan fingerprint density at radius 1 is 0.600 bits per heavy atom. The third kappa shape index (κ3) is 8.83. The van der Waals surface area contributed by atoms with Crippen LogP contribution in [0.15, 0.2) is 48.5 Å². The molecule has 4 rings (SSSR count). The monoisotopic (exact) mass is 552 g/mol. The highest BCUT2D eigenvalue weighted by molar-refractivity contribution is 5.33. The molecule has 0 aliphatic carbocycles. The summed E-state index contributed by atoms with van der Waals surface area (Å²) in [7, 11) is 4.67. The van der Waals surface area contributed by atoms with Gasteiger partial charge in [-0.1, -0.05) is 38.5 Å². The third-order valence-electron chi connectivity index (χ3n) is 9.71. The van der Waals surface area contributed by atoms with Crippen LogP contribution in [0.25, 0.3) is 0 Å². The SMILES string of the molecule is C[N+]1(Cc2ccc([N+](=O)[O-])cc2)CCC(CCCCCCC2CC[N+](C)(Cc3ccc([N+](=O)[O-])cc3)CC2)CC1. The molecule has 0 bridgehead atoms. The molecule has 0 saturated carbocycles. The average molecular weight is 553 g/mol. The second-order valence-electron chi connectivity index (χ2n) is 13.2. The van der Waals surface area contributed by atoms with E-state index in [-0.39, 0.29) is 21.2 Å². The maximum atomic E-state index is 10.9. The molecule has 218 valence electrons. The Kier molecular flexibility index (Phi) is 10.3. The van der Waals surface area contributed by atoms with Crippen LogP contribution >= 0.6 is 0 Å². The van der Waals surface area contributed by atoms with E-state index in [9.17, 15) is 20.2 Å². The standard InChI is InChI=1S/C32H48N4O4/c1-35(25-29-9-13-31(14-10-29)33(37)38)21-17-27(18-22-35)7-5-3-4-6-8-28-19-23-36(2,24-20-28)26-30-11-15-32(16-12-30)34(39)40/h9-16,27-28H,3-8,17-26H2,1-2H3/q+2. The van der Waals surface area contributed by atoms with Crippen LogP contribution in [0.2, 0.25) is 0 Å². The average Bonchev–Trinajstić information content (AvgIpc) is 2.93. The number of hydrogen-bond donors (Lipinski definition) is 0. The number of nitro groups is 2. The Hall–Kier alpha value is -2.84. The number of non-ortho nitro benzene ring substituents is 2. The number of quaternary nitrogens is 2. The summed E-state index contributed by atoms with van der Waals surface area (Å²) in [5, 5.41) is 21.8. The molecule has 2 heterocycles. The lowest BCUT2D eigenvalue weighted by Crippen LogP contribution is -2.49. The van der Waals surface area contributed by atoms with Crippen LogP contribution in [-0.2, 0) is 13.1 Å². The second-order valence-corrected chi connectivity index (χ2v) is 13.2. The Morgan fingerprint density at radius 3 is 1.23 bits per heavy atom. The lowest BCUT2D eigenvalue weighted by atomic mass is 9.88. The lowest BCUT2D eigenvalue weighted by molar-refractivity contribution is -0.928. The van der Waals surface area contributed by atoms with Crippen molar-refractivity contribution in [1.29, 1.82) is 0 Å². The van der Waals surface area contributed by atoms with Crippen LogP contribution in [0.3, 0.4) is 0 Å². The highest BCUT2D eigenvalue weighted by Gasteiger charge is 2.31. The number of nitro benzene ring substituents is 2. The van der Waals surface area contributed by atoms with Crippen molar-refractivity contribution in [3.05, 3.63) is 79.9 Å². The molecule has 0 radical (unpaired) electrons. The van der Waals surface area contributed by atoms with E-state index >= 15 is 0 Å². The molecule has 0 unspecified atom stereocenters. The van der Waals surface area contributed by atoms with Gasteiger partial charge in [0.05, 0.1) is 50.1 Å². The predicted molar refractivity (Wildman–Crippen MR) is 159 cm³/mol. The second kappa shape index (κ2) is 13.7. The molecule has 2 aliphatic heterocycles. The van der Waals surface area contributed by atoms with Gasteiger partial charge >= 0.3 is 0 Å². The Bertz CT molecular complexity index is 1010. The summed E-state index contributed by atoms with van der Waals surface area (Å²) in [6, 6.07) is 14.2. The van der Waals surface area contributed by atoms with Gasteiger partial charge in [0.1, 0.15) is 13.1 Å². The molecule has 2 saturated heterocycles. The quantitative estimate of drug-likeness (QED) is 0.113. The van der Waals surface area contributed by atoms with Crippen molar-refractivity contribution in [3.63, 3.8) is 0 Å². The number of piperidine rings is 2. The van der Waals surface area contributed by atoms with E-state index in [1.165, 1.54) is 102 Å². The number of hydrogen-bond acceptors (Lipinski definition) is 4. The maximum absolute atomic E-state index is 10.9. The van der Waals surface area contributed by atoms with Crippen LogP contribution in [0.4, 0.5) is 11.4 Å². The normalized spacial score (nSPS) is 26.9. The fourth-order valence-corrected chi connectivity index (χ4v) is 6.93. The number of nitrogens with zero attached hydrogens (tertiary/aromatic N) is 4. The molecule has 0 N–H and O–H groups in total. The maximum Gasteiger partial charge on any atom is 0.269 e. The molecule has 2 aliphatic rings. The first-order chi connectivity index (χ1) is 19.1. The van der Waals surface area contributed by atoms with Crippen molar-refractivity contribution >= 4 is 11.4 Å². The van der Waals surface area contributed by atoms with Gasteiger partial charge in [0, 0.05) is 35.4 Å². The Morgan fingerprint density at radius 2 is 0.925 bits per heavy atom. The van der Waals surface area contributed by atoms with Crippen LogP contribution < -0.4 is 0 Å². The summed E-state index contributed by atoms with van der Waals surface area (Å²) in [5.74, 6) is 1.71. The van der Waals surface area contributed by atoms with Crippen molar-refractivity contribution in [1.82, 2.24) is 0 Å². The van der Waals surface area contributed by atoms with Crippen molar-refractivity contribution < 1.29 is 18.8 Å². The van der Waals surface area contributed by atoms with Gasteiger partial charge in [0.15, 0.2) is 0 Å². The van der Waals surface area contributed by atoms with Crippen LogP contribution in [0, 0.1) is 32.1 Å². The fraction of sp³-hybridized carbons (Fsp3) is 0.625. The number of likely N-dealkylation sites (tertiary alicyclic amines) is 2. The molecule has 40 heavy (non-hydrogen) atoms. The molecule has 2 aromatic rings. The van der Waals surface area contributed by atoms with Gasteiger partial charge in [-0.3, -0.25) is 20.2 Å². The number of unbranched alkanes of at least 4 members (excludes halogenated alkanes) is 3. The van der Waals surface area contributed by atoms with E-state index in [1.807, 2.05) is 24.3 Å². The highest BCUT2D eigenvalue weighted by Crippen LogP contribution is 2.31. The fourth-order valence-electron chi connectivity index (χ4n) is 6.93. The summed E-state index contributed by atoms with van der Waals surface area (Å²) in [5.41, 5.74) is 2.72. The third-order valence-corrected chi connectivity index (χ3v) is 9.71.